The lowest BCUT2D eigenvalue weighted by Crippen LogP contribution is -2.12. The van der Waals surface area contributed by atoms with Crippen LogP contribution in [0.15, 0.2) is 46.9 Å². The molecule has 0 heterocycles. The molecule has 0 saturated heterocycles. The summed E-state index contributed by atoms with van der Waals surface area (Å²) in [5.41, 5.74) is 8.75. The number of anilines is 2. The molecule has 0 unspecified atom stereocenters. The Morgan fingerprint density at radius 2 is 1.83 bits per heavy atom. The number of benzene rings is 2. The van der Waals surface area contributed by atoms with Gasteiger partial charge in [0.1, 0.15) is 0 Å². The van der Waals surface area contributed by atoms with Gasteiger partial charge in [-0.3, -0.25) is 4.79 Å². The van der Waals surface area contributed by atoms with E-state index in [2.05, 4.69) is 21.2 Å². The number of hydrogen-bond donors (Lipinski definition) is 2. The maximum Gasteiger partial charge on any atom is 0.255 e. The standard InChI is InChI=1S/C14H13BrN2O/c1-9-2-4-10(5-3-9)14(18)17-13-7-6-11(16)8-12(13)15/h2-8H,16H2,1H3,(H,17,18). The molecule has 0 fully saturated rings. The number of carbonyl (C=O) groups excluding carboxylic acids is 1. The number of hydrogen-bond acceptors (Lipinski definition) is 2. The Morgan fingerprint density at radius 3 is 2.44 bits per heavy atom. The van der Waals surface area contributed by atoms with E-state index in [4.69, 9.17) is 5.73 Å². The molecule has 0 saturated carbocycles. The maximum absolute atomic E-state index is 12.0. The predicted octanol–water partition coefficient (Wildman–Crippen LogP) is 3.59. The van der Waals surface area contributed by atoms with Gasteiger partial charge >= 0.3 is 0 Å². The highest BCUT2D eigenvalue weighted by atomic mass is 79.9. The fourth-order valence-electron chi connectivity index (χ4n) is 1.53. The molecule has 3 nitrogen and oxygen atoms in total. The summed E-state index contributed by atoms with van der Waals surface area (Å²) in [5, 5.41) is 2.83. The van der Waals surface area contributed by atoms with Gasteiger partial charge in [-0.05, 0) is 53.2 Å². The van der Waals surface area contributed by atoms with Crippen LogP contribution in [0.1, 0.15) is 15.9 Å². The zero-order valence-corrected chi connectivity index (χ0v) is 11.5. The first kappa shape index (κ1) is 12.6. The van der Waals surface area contributed by atoms with E-state index in [0.717, 1.165) is 10.0 Å². The summed E-state index contributed by atoms with van der Waals surface area (Å²) in [5.74, 6) is -0.138. The summed E-state index contributed by atoms with van der Waals surface area (Å²) in [4.78, 5) is 12.0. The van der Waals surface area contributed by atoms with Crippen molar-refractivity contribution in [3.63, 3.8) is 0 Å². The zero-order valence-electron chi connectivity index (χ0n) is 9.91. The summed E-state index contributed by atoms with van der Waals surface area (Å²) in [6.45, 7) is 1.98. The van der Waals surface area contributed by atoms with Gasteiger partial charge in [-0.15, -0.1) is 0 Å². The van der Waals surface area contributed by atoms with Crippen LogP contribution in [0.3, 0.4) is 0 Å². The second-order valence-corrected chi connectivity index (χ2v) is 4.91. The molecule has 92 valence electrons. The lowest BCUT2D eigenvalue weighted by Gasteiger charge is -2.08. The molecule has 2 aromatic rings. The highest BCUT2D eigenvalue weighted by molar-refractivity contribution is 9.10. The molecule has 0 spiro atoms. The SMILES string of the molecule is Cc1ccc(C(=O)Nc2ccc(N)cc2Br)cc1. The number of amides is 1. The third-order valence-corrected chi connectivity index (χ3v) is 3.21. The normalized spacial score (nSPS) is 10.1. The predicted molar refractivity (Wildman–Crippen MR) is 77.7 cm³/mol. The molecule has 0 bridgehead atoms. The van der Waals surface area contributed by atoms with Crippen molar-refractivity contribution in [2.75, 3.05) is 11.1 Å². The van der Waals surface area contributed by atoms with Crippen molar-refractivity contribution in [2.45, 2.75) is 6.92 Å². The van der Waals surface area contributed by atoms with Crippen molar-refractivity contribution in [3.8, 4) is 0 Å². The van der Waals surface area contributed by atoms with Gasteiger partial charge in [0.05, 0.1) is 5.69 Å². The van der Waals surface area contributed by atoms with Crippen LogP contribution in [0.25, 0.3) is 0 Å². The number of nitrogen functional groups attached to an aromatic ring is 1. The van der Waals surface area contributed by atoms with Crippen molar-refractivity contribution in [2.24, 2.45) is 0 Å². The third-order valence-electron chi connectivity index (χ3n) is 2.56. The number of nitrogens with two attached hydrogens (primary N) is 1. The lowest BCUT2D eigenvalue weighted by atomic mass is 10.1. The van der Waals surface area contributed by atoms with Crippen molar-refractivity contribution in [3.05, 3.63) is 58.1 Å². The number of carbonyl (C=O) groups is 1. The van der Waals surface area contributed by atoms with Crippen molar-refractivity contribution < 1.29 is 4.79 Å². The highest BCUT2D eigenvalue weighted by Crippen LogP contribution is 2.25. The van der Waals surface area contributed by atoms with E-state index in [0.29, 0.717) is 16.9 Å². The van der Waals surface area contributed by atoms with Gasteiger partial charge in [0, 0.05) is 15.7 Å². The molecule has 1 amide bonds. The number of rotatable bonds is 2. The van der Waals surface area contributed by atoms with Crippen LogP contribution < -0.4 is 11.1 Å². The minimum Gasteiger partial charge on any atom is -0.399 e. The molecule has 0 aliphatic carbocycles. The number of nitrogens with one attached hydrogen (secondary N) is 1. The van der Waals surface area contributed by atoms with Gasteiger partial charge < -0.3 is 11.1 Å². The van der Waals surface area contributed by atoms with Gasteiger partial charge in [0.2, 0.25) is 0 Å². The van der Waals surface area contributed by atoms with Crippen molar-refractivity contribution >= 4 is 33.2 Å². The topological polar surface area (TPSA) is 55.1 Å². The highest BCUT2D eigenvalue weighted by Gasteiger charge is 2.07. The molecule has 2 aromatic carbocycles. The second-order valence-electron chi connectivity index (χ2n) is 4.06. The Kier molecular flexibility index (Phi) is 3.67. The maximum atomic E-state index is 12.0. The van der Waals surface area contributed by atoms with Gasteiger partial charge in [-0.25, -0.2) is 0 Å². The van der Waals surface area contributed by atoms with E-state index < -0.39 is 0 Å². The van der Waals surface area contributed by atoms with Crippen LogP contribution in [0.2, 0.25) is 0 Å². The second kappa shape index (κ2) is 5.23. The van der Waals surface area contributed by atoms with E-state index in [1.165, 1.54) is 0 Å². The van der Waals surface area contributed by atoms with E-state index in [-0.39, 0.29) is 5.91 Å². The van der Waals surface area contributed by atoms with Gasteiger partial charge in [-0.1, -0.05) is 17.7 Å². The van der Waals surface area contributed by atoms with Gasteiger partial charge in [-0.2, -0.15) is 0 Å². The Balaban J connectivity index is 2.18. The lowest BCUT2D eigenvalue weighted by molar-refractivity contribution is 0.102. The van der Waals surface area contributed by atoms with E-state index in [9.17, 15) is 4.79 Å². The first-order chi connectivity index (χ1) is 8.56. The first-order valence-corrected chi connectivity index (χ1v) is 6.28. The molecular formula is C14H13BrN2O. The van der Waals surface area contributed by atoms with Crippen LogP contribution in [0.4, 0.5) is 11.4 Å². The van der Waals surface area contributed by atoms with Crippen molar-refractivity contribution in [1.82, 2.24) is 0 Å². The number of aryl methyl sites for hydroxylation is 1. The Labute approximate surface area is 114 Å². The smallest absolute Gasteiger partial charge is 0.255 e. The Morgan fingerprint density at radius 1 is 1.17 bits per heavy atom. The van der Waals surface area contributed by atoms with Crippen LogP contribution in [-0.4, -0.2) is 5.91 Å². The average molecular weight is 305 g/mol. The quantitative estimate of drug-likeness (QED) is 0.833. The molecule has 0 radical (unpaired) electrons. The van der Waals surface area contributed by atoms with E-state index in [1.54, 1.807) is 30.3 Å². The molecule has 18 heavy (non-hydrogen) atoms. The monoisotopic (exact) mass is 304 g/mol. The molecule has 0 aromatic heterocycles. The summed E-state index contributed by atoms with van der Waals surface area (Å²) in [6.07, 6.45) is 0. The van der Waals surface area contributed by atoms with Gasteiger partial charge in [0.15, 0.2) is 0 Å². The Bertz CT molecular complexity index is 579. The van der Waals surface area contributed by atoms with E-state index >= 15 is 0 Å². The fraction of sp³-hybridized carbons (Fsp3) is 0.0714. The largest absolute Gasteiger partial charge is 0.399 e. The zero-order chi connectivity index (χ0) is 13.1. The fourth-order valence-corrected chi connectivity index (χ4v) is 2.03. The third kappa shape index (κ3) is 2.90. The van der Waals surface area contributed by atoms with Crippen LogP contribution in [0, 0.1) is 6.92 Å². The summed E-state index contributed by atoms with van der Waals surface area (Å²) in [6, 6.07) is 12.7. The molecule has 0 aliphatic rings. The summed E-state index contributed by atoms with van der Waals surface area (Å²) < 4.78 is 0.767. The van der Waals surface area contributed by atoms with Crippen molar-refractivity contribution in [1.29, 1.82) is 0 Å². The number of halogens is 1. The average Bonchev–Trinajstić information content (AvgIpc) is 2.33. The van der Waals surface area contributed by atoms with Gasteiger partial charge in [0.25, 0.3) is 5.91 Å². The van der Waals surface area contributed by atoms with Crippen LogP contribution >= 0.6 is 15.9 Å². The summed E-state index contributed by atoms with van der Waals surface area (Å²) in [7, 11) is 0. The Hall–Kier alpha value is -1.81. The molecule has 3 N–H and O–H groups in total. The molecule has 2 rings (SSSR count). The van der Waals surface area contributed by atoms with Crippen LogP contribution in [0.5, 0.6) is 0 Å². The minimum atomic E-state index is -0.138. The summed E-state index contributed by atoms with van der Waals surface area (Å²) >= 11 is 3.37. The molecule has 0 atom stereocenters. The van der Waals surface area contributed by atoms with Crippen LogP contribution in [-0.2, 0) is 0 Å². The minimum absolute atomic E-state index is 0.138. The molecule has 4 heteroatoms. The molecule has 0 aliphatic heterocycles. The van der Waals surface area contributed by atoms with E-state index in [1.807, 2.05) is 19.1 Å². The first-order valence-electron chi connectivity index (χ1n) is 5.49. The molecular weight excluding hydrogens is 292 g/mol.